The molecule has 1 radical (unpaired) electrons. The van der Waals surface area contributed by atoms with Crippen LogP contribution in [0, 0.1) is 41.1 Å². The van der Waals surface area contributed by atoms with Crippen molar-refractivity contribution in [3.63, 3.8) is 0 Å². The second-order valence-corrected chi connectivity index (χ2v) is 6.37. The molecule has 24 heavy (non-hydrogen) atoms. The standard InChI is InChI=1S/C21H18F3/c1-14-2-8-17(9-3-14)18-10-6-15(7-11-18)4-5-16-12-19(22)21(24)20(23)13-16/h6-7,10-14H,2-3,8-9H2,1H3. The molecule has 1 aliphatic carbocycles. The first-order valence-electron chi connectivity index (χ1n) is 8.14. The molecule has 0 N–H and O–H groups in total. The van der Waals surface area contributed by atoms with E-state index in [4.69, 9.17) is 0 Å². The van der Waals surface area contributed by atoms with Gasteiger partial charge in [-0.25, -0.2) is 13.2 Å². The number of hydrogen-bond acceptors (Lipinski definition) is 0. The summed E-state index contributed by atoms with van der Waals surface area (Å²) in [7, 11) is 0. The SMILES string of the molecule is CC1CC[C](c2ccc(C#Cc3cc(F)c(F)c(F)c3)cc2)CC1. The van der Waals surface area contributed by atoms with E-state index in [2.05, 4.69) is 18.8 Å². The summed E-state index contributed by atoms with van der Waals surface area (Å²) in [5.41, 5.74) is 2.12. The van der Waals surface area contributed by atoms with Crippen molar-refractivity contribution in [1.82, 2.24) is 0 Å². The van der Waals surface area contributed by atoms with E-state index in [1.807, 2.05) is 24.3 Å². The first-order chi connectivity index (χ1) is 11.5. The second kappa shape index (κ2) is 7.13. The normalized spacial score (nSPS) is 15.8. The molecule has 0 saturated heterocycles. The molecule has 0 bridgehead atoms. The second-order valence-electron chi connectivity index (χ2n) is 6.37. The monoisotopic (exact) mass is 327 g/mol. The van der Waals surface area contributed by atoms with Gasteiger partial charge in [0.15, 0.2) is 17.5 Å². The first-order valence-corrected chi connectivity index (χ1v) is 8.14. The van der Waals surface area contributed by atoms with Crippen LogP contribution in [0.4, 0.5) is 13.2 Å². The summed E-state index contributed by atoms with van der Waals surface area (Å²) < 4.78 is 39.3. The Labute approximate surface area is 140 Å². The Morgan fingerprint density at radius 1 is 0.833 bits per heavy atom. The molecule has 2 aromatic carbocycles. The number of benzene rings is 2. The van der Waals surface area contributed by atoms with Crippen LogP contribution in [0.25, 0.3) is 0 Å². The smallest absolute Gasteiger partial charge is 0.194 e. The van der Waals surface area contributed by atoms with Gasteiger partial charge in [0.2, 0.25) is 0 Å². The van der Waals surface area contributed by atoms with Gasteiger partial charge in [-0.05, 0) is 61.4 Å². The molecule has 0 atom stereocenters. The molecule has 3 heteroatoms. The quantitative estimate of drug-likeness (QED) is 0.470. The van der Waals surface area contributed by atoms with Gasteiger partial charge in [-0.3, -0.25) is 0 Å². The van der Waals surface area contributed by atoms with Gasteiger partial charge in [-0.2, -0.15) is 0 Å². The van der Waals surface area contributed by atoms with Gasteiger partial charge in [0.25, 0.3) is 0 Å². The van der Waals surface area contributed by atoms with Gasteiger partial charge >= 0.3 is 0 Å². The van der Waals surface area contributed by atoms with Crippen LogP contribution >= 0.6 is 0 Å². The summed E-state index contributed by atoms with van der Waals surface area (Å²) in [5, 5.41) is 0. The van der Waals surface area contributed by atoms with Crippen molar-refractivity contribution in [3.05, 3.63) is 76.5 Å². The molecule has 123 valence electrons. The summed E-state index contributed by atoms with van der Waals surface area (Å²) >= 11 is 0. The van der Waals surface area contributed by atoms with Gasteiger partial charge in [-0.15, -0.1) is 0 Å². The van der Waals surface area contributed by atoms with E-state index >= 15 is 0 Å². The molecule has 0 aliphatic heterocycles. The van der Waals surface area contributed by atoms with Gasteiger partial charge < -0.3 is 0 Å². The Kier molecular flexibility index (Phi) is 4.94. The highest BCUT2D eigenvalue weighted by molar-refractivity contribution is 5.45. The van der Waals surface area contributed by atoms with Crippen molar-refractivity contribution in [3.8, 4) is 11.8 Å². The topological polar surface area (TPSA) is 0 Å². The largest absolute Gasteiger partial charge is 0.204 e. The predicted molar refractivity (Wildman–Crippen MR) is 88.7 cm³/mol. The predicted octanol–water partition coefficient (Wildman–Crippen LogP) is 5.64. The minimum atomic E-state index is -1.47. The Morgan fingerprint density at radius 2 is 1.38 bits per heavy atom. The van der Waals surface area contributed by atoms with E-state index < -0.39 is 17.5 Å². The van der Waals surface area contributed by atoms with E-state index in [-0.39, 0.29) is 5.56 Å². The molecule has 2 aromatic rings. The lowest BCUT2D eigenvalue weighted by Crippen LogP contribution is -2.11. The highest BCUT2D eigenvalue weighted by Crippen LogP contribution is 2.34. The molecule has 1 fully saturated rings. The Morgan fingerprint density at radius 3 is 1.96 bits per heavy atom. The van der Waals surface area contributed by atoms with Crippen molar-refractivity contribution < 1.29 is 13.2 Å². The summed E-state index contributed by atoms with van der Waals surface area (Å²) in [6.07, 6.45) is 4.75. The summed E-state index contributed by atoms with van der Waals surface area (Å²) in [4.78, 5) is 0. The minimum Gasteiger partial charge on any atom is -0.204 e. The Balaban J connectivity index is 1.73. The van der Waals surface area contributed by atoms with Gasteiger partial charge in [0.1, 0.15) is 0 Å². The molecule has 0 amide bonds. The van der Waals surface area contributed by atoms with Crippen LogP contribution in [0.5, 0.6) is 0 Å². The summed E-state index contributed by atoms with van der Waals surface area (Å²) in [6.45, 7) is 2.29. The van der Waals surface area contributed by atoms with E-state index in [1.54, 1.807) is 0 Å². The summed E-state index contributed by atoms with van der Waals surface area (Å²) in [6, 6.07) is 9.70. The van der Waals surface area contributed by atoms with Crippen molar-refractivity contribution in [2.75, 3.05) is 0 Å². The number of rotatable bonds is 1. The van der Waals surface area contributed by atoms with E-state index in [0.717, 1.165) is 36.5 Å². The first kappa shape index (κ1) is 16.6. The van der Waals surface area contributed by atoms with Gasteiger partial charge in [-0.1, -0.05) is 30.9 Å². The van der Waals surface area contributed by atoms with Crippen LogP contribution in [0.2, 0.25) is 0 Å². The zero-order valence-corrected chi connectivity index (χ0v) is 13.5. The fourth-order valence-corrected chi connectivity index (χ4v) is 2.96. The number of halogens is 3. The molecule has 0 nitrogen and oxygen atoms in total. The maximum atomic E-state index is 13.2. The highest BCUT2D eigenvalue weighted by atomic mass is 19.2. The fraction of sp³-hybridized carbons (Fsp3) is 0.286. The number of hydrogen-bond donors (Lipinski definition) is 0. The molecule has 0 unspecified atom stereocenters. The zero-order valence-electron chi connectivity index (χ0n) is 13.5. The molecule has 1 saturated carbocycles. The van der Waals surface area contributed by atoms with E-state index in [0.29, 0.717) is 0 Å². The van der Waals surface area contributed by atoms with Crippen LogP contribution in [-0.2, 0) is 0 Å². The molecular weight excluding hydrogens is 309 g/mol. The van der Waals surface area contributed by atoms with Gasteiger partial charge in [0.05, 0.1) is 0 Å². The third kappa shape index (κ3) is 3.82. The molecule has 0 spiro atoms. The molecular formula is C21H18F3. The van der Waals surface area contributed by atoms with Crippen LogP contribution < -0.4 is 0 Å². The van der Waals surface area contributed by atoms with Gasteiger partial charge in [0, 0.05) is 17.0 Å². The third-order valence-corrected chi connectivity index (χ3v) is 4.51. The Hall–Kier alpha value is -2.21. The molecule has 3 rings (SSSR count). The summed E-state index contributed by atoms with van der Waals surface area (Å²) in [5.74, 6) is 3.89. The van der Waals surface area contributed by atoms with E-state index in [1.165, 1.54) is 24.3 Å². The van der Waals surface area contributed by atoms with Crippen molar-refractivity contribution in [2.45, 2.75) is 32.6 Å². The zero-order chi connectivity index (χ0) is 17.1. The average Bonchev–Trinajstić information content (AvgIpc) is 2.59. The average molecular weight is 327 g/mol. The van der Waals surface area contributed by atoms with Crippen LogP contribution in [-0.4, -0.2) is 0 Å². The molecule has 1 aliphatic rings. The maximum Gasteiger partial charge on any atom is 0.194 e. The van der Waals surface area contributed by atoms with Crippen LogP contribution in [0.1, 0.15) is 49.3 Å². The lowest BCUT2D eigenvalue weighted by atomic mass is 9.79. The van der Waals surface area contributed by atoms with Crippen LogP contribution in [0.15, 0.2) is 36.4 Å². The van der Waals surface area contributed by atoms with E-state index in [9.17, 15) is 13.2 Å². The molecule has 0 aromatic heterocycles. The fourth-order valence-electron chi connectivity index (χ4n) is 2.96. The lowest BCUT2D eigenvalue weighted by molar-refractivity contribution is 0.416. The third-order valence-electron chi connectivity index (χ3n) is 4.51. The molecule has 0 heterocycles. The van der Waals surface area contributed by atoms with Crippen LogP contribution in [0.3, 0.4) is 0 Å². The van der Waals surface area contributed by atoms with Crippen molar-refractivity contribution in [2.24, 2.45) is 5.92 Å². The maximum absolute atomic E-state index is 13.2. The Bertz CT molecular complexity index is 750. The van der Waals surface area contributed by atoms with Crippen molar-refractivity contribution in [1.29, 1.82) is 0 Å². The highest BCUT2D eigenvalue weighted by Gasteiger charge is 2.19. The minimum absolute atomic E-state index is 0.117. The lowest BCUT2D eigenvalue weighted by Gasteiger charge is -2.25. The van der Waals surface area contributed by atoms with Crippen molar-refractivity contribution >= 4 is 0 Å².